The number of oxazole rings is 1. The Labute approximate surface area is 172 Å². The van der Waals surface area contributed by atoms with E-state index < -0.39 is 0 Å². The van der Waals surface area contributed by atoms with Gasteiger partial charge in [0.15, 0.2) is 0 Å². The average Bonchev–Trinajstić information content (AvgIpc) is 2.98. The maximum Gasteiger partial charge on any atom is 0.226 e. The largest absolute Gasteiger partial charge is 0.441 e. The van der Waals surface area contributed by atoms with E-state index in [4.69, 9.17) is 14.7 Å². The van der Waals surface area contributed by atoms with Crippen LogP contribution in [0.25, 0.3) is 11.5 Å². The molecule has 1 aliphatic heterocycles. The Bertz CT molecular complexity index is 972. The van der Waals surface area contributed by atoms with Crippen molar-refractivity contribution in [3.63, 3.8) is 0 Å². The molecule has 0 unspecified atom stereocenters. The fourth-order valence-corrected chi connectivity index (χ4v) is 3.77. The van der Waals surface area contributed by atoms with Crippen LogP contribution in [-0.2, 0) is 13.1 Å². The van der Waals surface area contributed by atoms with Crippen molar-refractivity contribution in [2.75, 3.05) is 26.2 Å². The molecule has 4 rings (SSSR count). The number of hydrogen-bond donors (Lipinski definition) is 0. The van der Waals surface area contributed by atoms with Gasteiger partial charge >= 0.3 is 0 Å². The van der Waals surface area contributed by atoms with Gasteiger partial charge in [-0.25, -0.2) is 4.98 Å². The highest BCUT2D eigenvalue weighted by molar-refractivity contribution is 5.53. The lowest BCUT2D eigenvalue weighted by Gasteiger charge is -2.21. The summed E-state index contributed by atoms with van der Waals surface area (Å²) >= 11 is 0. The van der Waals surface area contributed by atoms with Gasteiger partial charge in [0.1, 0.15) is 5.76 Å². The van der Waals surface area contributed by atoms with E-state index in [0.717, 1.165) is 62.7 Å². The van der Waals surface area contributed by atoms with Crippen molar-refractivity contribution in [1.29, 1.82) is 5.26 Å². The van der Waals surface area contributed by atoms with Crippen molar-refractivity contribution in [2.45, 2.75) is 26.4 Å². The van der Waals surface area contributed by atoms with E-state index in [9.17, 15) is 0 Å². The van der Waals surface area contributed by atoms with Crippen LogP contribution in [0.4, 0.5) is 0 Å². The zero-order chi connectivity index (χ0) is 20.1. The summed E-state index contributed by atoms with van der Waals surface area (Å²) in [5.74, 6) is 1.61. The first-order chi connectivity index (χ1) is 14.2. The summed E-state index contributed by atoms with van der Waals surface area (Å²) in [6, 6.07) is 20.2. The standard InChI is InChI=1S/C24H26N4O/c1-19-23(26-24(29-19)22-6-3-2-4-7-22)18-28-13-5-12-27(14-15-28)17-21-10-8-20(16-25)9-11-21/h2-4,6-11H,5,12-15,17-18H2,1H3. The Morgan fingerprint density at radius 3 is 2.31 bits per heavy atom. The quantitative estimate of drug-likeness (QED) is 0.657. The second kappa shape index (κ2) is 9.04. The number of benzene rings is 2. The predicted octanol–water partition coefficient (Wildman–Crippen LogP) is 4.23. The summed E-state index contributed by atoms with van der Waals surface area (Å²) in [5.41, 5.74) is 4.03. The van der Waals surface area contributed by atoms with Crippen LogP contribution in [0.15, 0.2) is 59.0 Å². The monoisotopic (exact) mass is 386 g/mol. The van der Waals surface area contributed by atoms with Crippen LogP contribution in [0.3, 0.4) is 0 Å². The van der Waals surface area contributed by atoms with E-state index in [1.807, 2.05) is 49.4 Å². The molecule has 0 saturated carbocycles. The lowest BCUT2D eigenvalue weighted by atomic mass is 10.1. The summed E-state index contributed by atoms with van der Waals surface area (Å²) in [6.07, 6.45) is 1.14. The third-order valence-corrected chi connectivity index (χ3v) is 5.46. The van der Waals surface area contributed by atoms with Crippen LogP contribution in [0.2, 0.25) is 0 Å². The Morgan fingerprint density at radius 1 is 0.931 bits per heavy atom. The Balaban J connectivity index is 1.35. The van der Waals surface area contributed by atoms with E-state index in [0.29, 0.717) is 11.5 Å². The average molecular weight is 386 g/mol. The van der Waals surface area contributed by atoms with Gasteiger partial charge in [-0.15, -0.1) is 0 Å². The van der Waals surface area contributed by atoms with E-state index in [1.165, 1.54) is 5.56 Å². The Morgan fingerprint density at radius 2 is 1.62 bits per heavy atom. The number of aromatic nitrogens is 1. The highest BCUT2D eigenvalue weighted by Gasteiger charge is 2.18. The summed E-state index contributed by atoms with van der Waals surface area (Å²) in [4.78, 5) is 9.72. The molecule has 0 bridgehead atoms. The van der Waals surface area contributed by atoms with Crippen molar-refractivity contribution < 1.29 is 4.42 Å². The molecule has 0 radical (unpaired) electrons. The highest BCUT2D eigenvalue weighted by atomic mass is 16.4. The first-order valence-corrected chi connectivity index (χ1v) is 10.2. The zero-order valence-corrected chi connectivity index (χ0v) is 16.8. The second-order valence-electron chi connectivity index (χ2n) is 7.60. The fourth-order valence-electron chi connectivity index (χ4n) is 3.77. The molecule has 1 aliphatic rings. The molecule has 2 heterocycles. The number of aryl methyl sites for hydroxylation is 1. The summed E-state index contributed by atoms with van der Waals surface area (Å²) in [7, 11) is 0. The molecule has 5 nitrogen and oxygen atoms in total. The van der Waals surface area contributed by atoms with Crippen molar-refractivity contribution in [3.05, 3.63) is 77.2 Å². The molecule has 29 heavy (non-hydrogen) atoms. The smallest absolute Gasteiger partial charge is 0.226 e. The molecular formula is C24H26N4O. The number of rotatable bonds is 5. The van der Waals surface area contributed by atoms with Gasteiger partial charge in [0.2, 0.25) is 5.89 Å². The van der Waals surface area contributed by atoms with Crippen molar-refractivity contribution in [1.82, 2.24) is 14.8 Å². The minimum atomic E-state index is 0.704. The highest BCUT2D eigenvalue weighted by Crippen LogP contribution is 2.22. The van der Waals surface area contributed by atoms with Gasteiger partial charge in [0.25, 0.3) is 0 Å². The van der Waals surface area contributed by atoms with Crippen LogP contribution < -0.4 is 0 Å². The summed E-state index contributed by atoms with van der Waals surface area (Å²) in [6.45, 7) is 7.96. The first-order valence-electron chi connectivity index (χ1n) is 10.2. The normalized spacial score (nSPS) is 15.7. The maximum atomic E-state index is 8.95. The summed E-state index contributed by atoms with van der Waals surface area (Å²) < 4.78 is 5.92. The Hall–Kier alpha value is -2.94. The van der Waals surface area contributed by atoms with Crippen LogP contribution in [0.1, 0.15) is 29.0 Å². The van der Waals surface area contributed by atoms with Gasteiger partial charge in [-0.2, -0.15) is 5.26 Å². The molecule has 148 valence electrons. The maximum absolute atomic E-state index is 8.95. The molecule has 5 heteroatoms. The number of nitriles is 1. The van der Waals surface area contributed by atoms with Crippen molar-refractivity contribution in [3.8, 4) is 17.5 Å². The Kier molecular flexibility index (Phi) is 6.04. The van der Waals surface area contributed by atoms with Crippen LogP contribution >= 0.6 is 0 Å². The molecular weight excluding hydrogens is 360 g/mol. The van der Waals surface area contributed by atoms with Gasteiger partial charge < -0.3 is 4.42 Å². The van der Waals surface area contributed by atoms with E-state index >= 15 is 0 Å². The first kappa shape index (κ1) is 19.4. The number of nitrogens with zero attached hydrogens (tertiary/aromatic N) is 4. The van der Waals surface area contributed by atoms with Gasteiger partial charge in [0.05, 0.1) is 17.3 Å². The molecule has 1 saturated heterocycles. The molecule has 0 N–H and O–H groups in total. The summed E-state index contributed by atoms with van der Waals surface area (Å²) in [5, 5.41) is 8.95. The minimum Gasteiger partial charge on any atom is -0.441 e. The lowest BCUT2D eigenvalue weighted by Crippen LogP contribution is -2.30. The third kappa shape index (κ3) is 4.92. The molecule has 1 fully saturated rings. The second-order valence-corrected chi connectivity index (χ2v) is 7.60. The zero-order valence-electron chi connectivity index (χ0n) is 16.8. The predicted molar refractivity (Wildman–Crippen MR) is 113 cm³/mol. The lowest BCUT2D eigenvalue weighted by molar-refractivity contribution is 0.245. The molecule has 0 spiro atoms. The molecule has 3 aromatic rings. The SMILES string of the molecule is Cc1oc(-c2ccccc2)nc1CN1CCCN(Cc2ccc(C#N)cc2)CC1. The molecule has 0 atom stereocenters. The van der Waals surface area contributed by atoms with Gasteiger partial charge in [-0.1, -0.05) is 30.3 Å². The molecule has 1 aromatic heterocycles. The van der Waals surface area contributed by atoms with Gasteiger partial charge in [-0.05, 0) is 56.3 Å². The molecule has 0 amide bonds. The van der Waals surface area contributed by atoms with Gasteiger partial charge in [0, 0.05) is 31.7 Å². The topological polar surface area (TPSA) is 56.3 Å². The van der Waals surface area contributed by atoms with Crippen LogP contribution in [-0.4, -0.2) is 41.0 Å². The van der Waals surface area contributed by atoms with Gasteiger partial charge in [-0.3, -0.25) is 9.80 Å². The molecule has 0 aliphatic carbocycles. The fraction of sp³-hybridized carbons (Fsp3) is 0.333. The third-order valence-electron chi connectivity index (χ3n) is 5.46. The van der Waals surface area contributed by atoms with Crippen molar-refractivity contribution in [2.24, 2.45) is 0 Å². The van der Waals surface area contributed by atoms with E-state index in [2.05, 4.69) is 28.0 Å². The van der Waals surface area contributed by atoms with E-state index in [1.54, 1.807) is 0 Å². The van der Waals surface area contributed by atoms with Crippen molar-refractivity contribution >= 4 is 0 Å². The number of hydrogen-bond acceptors (Lipinski definition) is 5. The minimum absolute atomic E-state index is 0.704. The van der Waals surface area contributed by atoms with Crippen LogP contribution in [0.5, 0.6) is 0 Å². The molecule has 2 aromatic carbocycles. The van der Waals surface area contributed by atoms with Crippen LogP contribution in [0, 0.1) is 18.3 Å². The van der Waals surface area contributed by atoms with E-state index in [-0.39, 0.29) is 0 Å².